The van der Waals surface area contributed by atoms with Crippen LogP contribution in [0, 0.1) is 5.92 Å². The Hall–Kier alpha value is -0.980. The molecule has 5 nitrogen and oxygen atoms in total. The number of nitrogens with one attached hydrogen (secondary N) is 1. The zero-order chi connectivity index (χ0) is 13.0. The lowest BCUT2D eigenvalue weighted by molar-refractivity contribution is 0.220. The maximum atomic E-state index is 12.0. The number of aromatic nitrogens is 1. The summed E-state index contributed by atoms with van der Waals surface area (Å²) in [5.74, 6) is 0.438. The van der Waals surface area contributed by atoms with Crippen LogP contribution in [-0.4, -0.2) is 45.0 Å². The smallest absolute Gasteiger partial charge is 0.242 e. The summed E-state index contributed by atoms with van der Waals surface area (Å²) in [5.41, 5.74) is 0. The molecule has 0 aliphatic carbocycles. The zero-order valence-electron chi connectivity index (χ0n) is 10.5. The predicted molar refractivity (Wildman–Crippen MR) is 69.6 cm³/mol. The molecule has 0 aromatic carbocycles. The molecular formula is C12H19N3O2S. The van der Waals surface area contributed by atoms with Crippen LogP contribution in [0.25, 0.3) is 0 Å². The van der Waals surface area contributed by atoms with Crippen LogP contribution >= 0.6 is 0 Å². The highest BCUT2D eigenvalue weighted by Gasteiger charge is 2.20. The van der Waals surface area contributed by atoms with E-state index in [0.29, 0.717) is 12.5 Å². The van der Waals surface area contributed by atoms with Gasteiger partial charge in [-0.05, 0) is 51.0 Å². The van der Waals surface area contributed by atoms with E-state index in [0.717, 1.165) is 25.9 Å². The van der Waals surface area contributed by atoms with Crippen LogP contribution in [-0.2, 0) is 10.0 Å². The number of piperidine rings is 1. The molecule has 0 unspecified atom stereocenters. The Bertz CT molecular complexity index is 467. The summed E-state index contributed by atoms with van der Waals surface area (Å²) < 4.78 is 26.6. The summed E-state index contributed by atoms with van der Waals surface area (Å²) in [5, 5.41) is 0. The minimum atomic E-state index is -3.40. The highest BCUT2D eigenvalue weighted by molar-refractivity contribution is 7.89. The number of hydrogen-bond donors (Lipinski definition) is 1. The molecule has 1 fully saturated rings. The van der Waals surface area contributed by atoms with Gasteiger partial charge in [-0.2, -0.15) is 0 Å². The fourth-order valence-corrected chi connectivity index (χ4v) is 3.16. The second-order valence-corrected chi connectivity index (χ2v) is 6.55. The van der Waals surface area contributed by atoms with Gasteiger partial charge in [-0.25, -0.2) is 13.1 Å². The normalized spacial score (nSPS) is 18.9. The van der Waals surface area contributed by atoms with Gasteiger partial charge in [-0.3, -0.25) is 4.98 Å². The predicted octanol–water partition coefficient (Wildman–Crippen LogP) is 0.702. The van der Waals surface area contributed by atoms with Gasteiger partial charge in [0, 0.05) is 18.9 Å². The van der Waals surface area contributed by atoms with Crippen molar-refractivity contribution in [3.8, 4) is 0 Å². The Morgan fingerprint density at radius 1 is 1.44 bits per heavy atom. The average Bonchev–Trinajstić information content (AvgIpc) is 2.39. The summed E-state index contributed by atoms with van der Waals surface area (Å²) in [7, 11) is -1.31. The molecule has 0 amide bonds. The molecule has 6 heteroatoms. The van der Waals surface area contributed by atoms with Crippen LogP contribution in [0.15, 0.2) is 29.4 Å². The van der Waals surface area contributed by atoms with E-state index < -0.39 is 10.0 Å². The molecule has 2 rings (SSSR count). The molecule has 18 heavy (non-hydrogen) atoms. The monoisotopic (exact) mass is 269 g/mol. The topological polar surface area (TPSA) is 62.3 Å². The molecule has 1 aromatic heterocycles. The van der Waals surface area contributed by atoms with Crippen molar-refractivity contribution in [3.05, 3.63) is 24.5 Å². The van der Waals surface area contributed by atoms with Gasteiger partial charge in [0.1, 0.15) is 4.90 Å². The molecule has 1 aromatic rings. The summed E-state index contributed by atoms with van der Waals surface area (Å²) in [6.45, 7) is 2.60. The number of pyridine rings is 1. The largest absolute Gasteiger partial charge is 0.306 e. The summed E-state index contributed by atoms with van der Waals surface area (Å²) in [6, 6.07) is 3.19. The molecule has 0 saturated carbocycles. The summed E-state index contributed by atoms with van der Waals surface area (Å²) in [4.78, 5) is 6.33. The van der Waals surface area contributed by atoms with Crippen molar-refractivity contribution < 1.29 is 8.42 Å². The first-order valence-corrected chi connectivity index (χ1v) is 7.64. The van der Waals surface area contributed by atoms with Crippen LogP contribution in [0.4, 0.5) is 0 Å². The molecular weight excluding hydrogens is 250 g/mol. The highest BCUT2D eigenvalue weighted by Crippen LogP contribution is 2.16. The molecule has 0 bridgehead atoms. The van der Waals surface area contributed by atoms with Crippen molar-refractivity contribution in [1.82, 2.24) is 14.6 Å². The van der Waals surface area contributed by atoms with E-state index in [2.05, 4.69) is 21.7 Å². The Labute approximate surface area is 108 Å². The lowest BCUT2D eigenvalue weighted by Crippen LogP contribution is -2.36. The molecule has 1 N–H and O–H groups in total. The van der Waals surface area contributed by atoms with Crippen molar-refractivity contribution in [2.24, 2.45) is 5.92 Å². The van der Waals surface area contributed by atoms with Crippen molar-refractivity contribution in [2.75, 3.05) is 26.7 Å². The third kappa shape index (κ3) is 3.51. The van der Waals surface area contributed by atoms with Crippen LogP contribution < -0.4 is 4.72 Å². The van der Waals surface area contributed by atoms with E-state index in [9.17, 15) is 8.42 Å². The Kier molecular flexibility index (Phi) is 4.31. The third-order valence-electron chi connectivity index (χ3n) is 3.34. The summed E-state index contributed by atoms with van der Waals surface area (Å²) in [6.07, 6.45) is 5.03. The van der Waals surface area contributed by atoms with Gasteiger partial charge in [-0.1, -0.05) is 0 Å². The van der Waals surface area contributed by atoms with Gasteiger partial charge >= 0.3 is 0 Å². The van der Waals surface area contributed by atoms with Crippen LogP contribution in [0.2, 0.25) is 0 Å². The van der Waals surface area contributed by atoms with Crippen LogP contribution in [0.3, 0.4) is 0 Å². The van der Waals surface area contributed by atoms with Gasteiger partial charge in [0.2, 0.25) is 10.0 Å². The van der Waals surface area contributed by atoms with Gasteiger partial charge < -0.3 is 4.90 Å². The van der Waals surface area contributed by atoms with E-state index in [1.165, 1.54) is 6.20 Å². The molecule has 1 aliphatic heterocycles. The number of nitrogens with zero attached hydrogens (tertiary/aromatic N) is 2. The van der Waals surface area contributed by atoms with Gasteiger partial charge in [0.15, 0.2) is 0 Å². The van der Waals surface area contributed by atoms with Gasteiger partial charge in [0.05, 0.1) is 0 Å². The third-order valence-corrected chi connectivity index (χ3v) is 4.75. The minimum absolute atomic E-state index is 0.234. The Balaban J connectivity index is 1.90. The minimum Gasteiger partial charge on any atom is -0.306 e. The van der Waals surface area contributed by atoms with Crippen LogP contribution in [0.5, 0.6) is 0 Å². The summed E-state index contributed by atoms with van der Waals surface area (Å²) >= 11 is 0. The first-order valence-electron chi connectivity index (χ1n) is 6.16. The van der Waals surface area contributed by atoms with Gasteiger partial charge in [0.25, 0.3) is 0 Å². The maximum absolute atomic E-state index is 12.0. The Morgan fingerprint density at radius 2 is 2.17 bits per heavy atom. The lowest BCUT2D eigenvalue weighted by atomic mass is 9.98. The van der Waals surface area contributed by atoms with Crippen LogP contribution in [0.1, 0.15) is 12.8 Å². The molecule has 1 saturated heterocycles. The number of hydrogen-bond acceptors (Lipinski definition) is 4. The number of likely N-dealkylation sites (tertiary alicyclic amines) is 1. The van der Waals surface area contributed by atoms with E-state index in [-0.39, 0.29) is 4.90 Å². The van der Waals surface area contributed by atoms with Crippen molar-refractivity contribution in [2.45, 2.75) is 17.7 Å². The van der Waals surface area contributed by atoms with E-state index in [1.807, 2.05) is 0 Å². The van der Waals surface area contributed by atoms with E-state index in [1.54, 1.807) is 18.3 Å². The number of rotatable bonds is 4. The lowest BCUT2D eigenvalue weighted by Gasteiger charge is -2.28. The maximum Gasteiger partial charge on any atom is 0.242 e. The fraction of sp³-hybridized carbons (Fsp3) is 0.583. The molecule has 100 valence electrons. The second kappa shape index (κ2) is 5.77. The first kappa shape index (κ1) is 13.5. The van der Waals surface area contributed by atoms with Crippen molar-refractivity contribution in [1.29, 1.82) is 0 Å². The molecule has 0 radical (unpaired) electrons. The van der Waals surface area contributed by atoms with Crippen molar-refractivity contribution in [3.63, 3.8) is 0 Å². The fourth-order valence-electron chi connectivity index (χ4n) is 2.08. The standard InChI is InChI=1S/C12H19N3O2S/c1-15-7-4-11(5-8-15)9-14-18(16,17)12-3-2-6-13-10-12/h2-3,6,10-11,14H,4-5,7-9H2,1H3. The molecule has 1 aliphatic rings. The molecule has 0 atom stereocenters. The zero-order valence-corrected chi connectivity index (χ0v) is 11.4. The highest BCUT2D eigenvalue weighted by atomic mass is 32.2. The number of sulfonamides is 1. The Morgan fingerprint density at radius 3 is 2.78 bits per heavy atom. The molecule has 2 heterocycles. The average molecular weight is 269 g/mol. The quantitative estimate of drug-likeness (QED) is 0.874. The van der Waals surface area contributed by atoms with Crippen molar-refractivity contribution >= 4 is 10.0 Å². The van der Waals surface area contributed by atoms with E-state index >= 15 is 0 Å². The second-order valence-electron chi connectivity index (χ2n) is 4.79. The van der Waals surface area contributed by atoms with E-state index in [4.69, 9.17) is 0 Å². The SMILES string of the molecule is CN1CCC(CNS(=O)(=O)c2cccnc2)CC1. The van der Waals surface area contributed by atoms with Gasteiger partial charge in [-0.15, -0.1) is 0 Å². The first-order chi connectivity index (χ1) is 8.58. The molecule has 0 spiro atoms.